The maximum Gasteiger partial charge on any atom is 0.251 e. The fraction of sp³-hybridized carbons (Fsp3) is 0.353. The second kappa shape index (κ2) is 7.27. The molecule has 0 radical (unpaired) electrons. The minimum Gasteiger partial charge on any atom is -0.385 e. The molecule has 1 heterocycles. The van der Waals surface area contributed by atoms with Crippen LogP contribution in [0, 0.1) is 5.92 Å². The topological polar surface area (TPSA) is 41.1 Å². The van der Waals surface area contributed by atoms with Gasteiger partial charge in [0.25, 0.3) is 5.91 Å². The lowest BCUT2D eigenvalue weighted by atomic mass is 10.0. The molecule has 0 saturated carbocycles. The smallest absolute Gasteiger partial charge is 0.251 e. The molecule has 2 aromatic rings. The van der Waals surface area contributed by atoms with Crippen LogP contribution in [-0.4, -0.2) is 12.5 Å². The van der Waals surface area contributed by atoms with Crippen LogP contribution in [0.1, 0.15) is 42.0 Å². The Morgan fingerprint density at radius 2 is 1.90 bits per heavy atom. The first kappa shape index (κ1) is 15.6. The van der Waals surface area contributed by atoms with Gasteiger partial charge >= 0.3 is 0 Å². The van der Waals surface area contributed by atoms with E-state index in [0.29, 0.717) is 11.5 Å². The molecular formula is C17H22N2OS. The highest BCUT2D eigenvalue weighted by atomic mass is 32.1. The number of anilines is 1. The normalized spacial score (nSPS) is 12.2. The van der Waals surface area contributed by atoms with Gasteiger partial charge in [-0.1, -0.05) is 19.9 Å². The van der Waals surface area contributed by atoms with Crippen LogP contribution < -0.4 is 10.6 Å². The van der Waals surface area contributed by atoms with E-state index in [1.807, 2.05) is 35.7 Å². The van der Waals surface area contributed by atoms with Gasteiger partial charge in [0.2, 0.25) is 0 Å². The van der Waals surface area contributed by atoms with Gasteiger partial charge in [-0.25, -0.2) is 0 Å². The maximum atomic E-state index is 12.4. The number of carbonyl (C=O) groups is 1. The molecule has 1 amide bonds. The van der Waals surface area contributed by atoms with E-state index in [9.17, 15) is 4.79 Å². The van der Waals surface area contributed by atoms with Crippen LogP contribution in [0.15, 0.2) is 41.8 Å². The zero-order chi connectivity index (χ0) is 15.2. The second-order valence-electron chi connectivity index (χ2n) is 5.32. The van der Waals surface area contributed by atoms with E-state index in [-0.39, 0.29) is 11.9 Å². The van der Waals surface area contributed by atoms with E-state index in [4.69, 9.17) is 0 Å². The van der Waals surface area contributed by atoms with Crippen LogP contribution in [0.5, 0.6) is 0 Å². The van der Waals surface area contributed by atoms with Crippen molar-refractivity contribution in [3.05, 3.63) is 52.2 Å². The fourth-order valence-corrected chi connectivity index (χ4v) is 3.15. The third kappa shape index (κ3) is 4.08. The Labute approximate surface area is 130 Å². The third-order valence-electron chi connectivity index (χ3n) is 3.33. The van der Waals surface area contributed by atoms with Crippen molar-refractivity contribution in [3.63, 3.8) is 0 Å². The minimum absolute atomic E-state index is 0.0230. The summed E-state index contributed by atoms with van der Waals surface area (Å²) in [6.45, 7) is 7.17. The van der Waals surface area contributed by atoms with Crippen LogP contribution in [0.4, 0.5) is 5.69 Å². The van der Waals surface area contributed by atoms with Crippen molar-refractivity contribution in [1.82, 2.24) is 5.32 Å². The number of hydrogen-bond acceptors (Lipinski definition) is 3. The Morgan fingerprint density at radius 3 is 2.43 bits per heavy atom. The zero-order valence-electron chi connectivity index (χ0n) is 12.7. The predicted octanol–water partition coefficient (Wildman–Crippen LogP) is 4.31. The van der Waals surface area contributed by atoms with E-state index in [1.165, 1.54) is 4.88 Å². The summed E-state index contributed by atoms with van der Waals surface area (Å²) in [6.07, 6.45) is 0. The Bertz CT molecular complexity index is 561. The summed E-state index contributed by atoms with van der Waals surface area (Å²) >= 11 is 1.68. The molecule has 112 valence electrons. The van der Waals surface area contributed by atoms with Crippen molar-refractivity contribution in [3.8, 4) is 0 Å². The summed E-state index contributed by atoms with van der Waals surface area (Å²) in [6, 6.07) is 11.8. The van der Waals surface area contributed by atoms with Crippen LogP contribution >= 0.6 is 11.3 Å². The summed E-state index contributed by atoms with van der Waals surface area (Å²) in [7, 11) is 0. The average Bonchev–Trinajstić information content (AvgIpc) is 2.99. The van der Waals surface area contributed by atoms with Crippen LogP contribution in [0.2, 0.25) is 0 Å². The fourth-order valence-electron chi connectivity index (χ4n) is 2.20. The maximum absolute atomic E-state index is 12.4. The van der Waals surface area contributed by atoms with Crippen LogP contribution in [0.3, 0.4) is 0 Å². The van der Waals surface area contributed by atoms with Gasteiger partial charge in [0, 0.05) is 22.7 Å². The van der Waals surface area contributed by atoms with Gasteiger partial charge in [-0.05, 0) is 48.6 Å². The molecule has 0 aliphatic heterocycles. The molecule has 0 spiro atoms. The number of thiophene rings is 1. The minimum atomic E-state index is -0.0230. The number of amides is 1. The van der Waals surface area contributed by atoms with E-state index in [1.54, 1.807) is 11.3 Å². The molecule has 1 atom stereocenters. The molecule has 21 heavy (non-hydrogen) atoms. The van der Waals surface area contributed by atoms with E-state index in [2.05, 4.69) is 37.5 Å². The van der Waals surface area contributed by atoms with Crippen molar-refractivity contribution >= 4 is 22.9 Å². The predicted molar refractivity (Wildman–Crippen MR) is 90.0 cm³/mol. The van der Waals surface area contributed by atoms with Gasteiger partial charge in [0.15, 0.2) is 0 Å². The van der Waals surface area contributed by atoms with Gasteiger partial charge in [-0.2, -0.15) is 0 Å². The molecule has 0 fully saturated rings. The number of benzene rings is 1. The molecule has 2 N–H and O–H groups in total. The highest BCUT2D eigenvalue weighted by molar-refractivity contribution is 7.10. The monoisotopic (exact) mass is 302 g/mol. The SMILES string of the molecule is CCNc1ccc(C(=O)NC(c2cccs2)C(C)C)cc1. The summed E-state index contributed by atoms with van der Waals surface area (Å²) in [5, 5.41) is 8.41. The Hall–Kier alpha value is -1.81. The first-order valence-corrected chi connectivity index (χ1v) is 8.18. The molecule has 2 rings (SSSR count). The van der Waals surface area contributed by atoms with Gasteiger partial charge < -0.3 is 10.6 Å². The van der Waals surface area contributed by atoms with E-state index < -0.39 is 0 Å². The number of rotatable bonds is 6. The van der Waals surface area contributed by atoms with Crippen molar-refractivity contribution in [2.45, 2.75) is 26.8 Å². The van der Waals surface area contributed by atoms with Crippen molar-refractivity contribution in [1.29, 1.82) is 0 Å². The molecule has 3 nitrogen and oxygen atoms in total. The first-order chi connectivity index (χ1) is 10.1. The number of hydrogen-bond donors (Lipinski definition) is 2. The summed E-state index contributed by atoms with van der Waals surface area (Å²) < 4.78 is 0. The molecule has 0 aliphatic rings. The average molecular weight is 302 g/mol. The lowest BCUT2D eigenvalue weighted by Crippen LogP contribution is -2.31. The first-order valence-electron chi connectivity index (χ1n) is 7.30. The summed E-state index contributed by atoms with van der Waals surface area (Å²) in [4.78, 5) is 13.6. The molecule has 0 saturated heterocycles. The lowest BCUT2D eigenvalue weighted by Gasteiger charge is -2.21. The molecule has 1 aromatic heterocycles. The molecule has 0 aliphatic carbocycles. The highest BCUT2D eigenvalue weighted by Gasteiger charge is 2.19. The lowest BCUT2D eigenvalue weighted by molar-refractivity contribution is 0.0926. The van der Waals surface area contributed by atoms with Crippen molar-refractivity contribution in [2.75, 3.05) is 11.9 Å². The van der Waals surface area contributed by atoms with Crippen LogP contribution in [0.25, 0.3) is 0 Å². The standard InChI is InChI=1S/C17H22N2OS/c1-4-18-14-9-7-13(8-10-14)17(20)19-16(12(2)3)15-6-5-11-21-15/h5-12,16,18H,4H2,1-3H3,(H,19,20). The zero-order valence-corrected chi connectivity index (χ0v) is 13.5. The molecule has 1 unspecified atom stereocenters. The van der Waals surface area contributed by atoms with E-state index >= 15 is 0 Å². The van der Waals surface area contributed by atoms with Crippen molar-refractivity contribution in [2.24, 2.45) is 5.92 Å². The number of carbonyl (C=O) groups excluding carboxylic acids is 1. The second-order valence-corrected chi connectivity index (χ2v) is 6.30. The Kier molecular flexibility index (Phi) is 5.39. The third-order valence-corrected chi connectivity index (χ3v) is 4.29. The van der Waals surface area contributed by atoms with Crippen LogP contribution in [-0.2, 0) is 0 Å². The largest absolute Gasteiger partial charge is 0.385 e. The van der Waals surface area contributed by atoms with Gasteiger partial charge in [0.1, 0.15) is 0 Å². The Morgan fingerprint density at radius 1 is 1.19 bits per heavy atom. The Balaban J connectivity index is 2.08. The molecular weight excluding hydrogens is 280 g/mol. The summed E-state index contributed by atoms with van der Waals surface area (Å²) in [5.74, 6) is 0.332. The number of nitrogens with one attached hydrogen (secondary N) is 2. The quantitative estimate of drug-likeness (QED) is 0.835. The van der Waals surface area contributed by atoms with Gasteiger partial charge in [0.05, 0.1) is 6.04 Å². The molecule has 4 heteroatoms. The highest BCUT2D eigenvalue weighted by Crippen LogP contribution is 2.26. The molecule has 1 aromatic carbocycles. The molecule has 0 bridgehead atoms. The van der Waals surface area contributed by atoms with Gasteiger partial charge in [-0.3, -0.25) is 4.79 Å². The van der Waals surface area contributed by atoms with Crippen molar-refractivity contribution < 1.29 is 4.79 Å². The van der Waals surface area contributed by atoms with E-state index in [0.717, 1.165) is 12.2 Å². The van der Waals surface area contributed by atoms with Gasteiger partial charge in [-0.15, -0.1) is 11.3 Å². The summed E-state index contributed by atoms with van der Waals surface area (Å²) in [5.41, 5.74) is 1.73.